The van der Waals surface area contributed by atoms with Crippen LogP contribution in [0.15, 0.2) is 12.1 Å². The molecule has 0 saturated carbocycles. The summed E-state index contributed by atoms with van der Waals surface area (Å²) in [6.07, 6.45) is 0. The normalized spacial score (nSPS) is 11.2. The molecule has 96 valence electrons. The van der Waals surface area contributed by atoms with Gasteiger partial charge in [-0.15, -0.1) is 0 Å². The molecule has 18 heavy (non-hydrogen) atoms. The molecule has 1 heterocycles. The van der Waals surface area contributed by atoms with Crippen molar-refractivity contribution in [3.8, 4) is 5.75 Å². The van der Waals surface area contributed by atoms with Gasteiger partial charge in [0, 0.05) is 16.5 Å². The van der Waals surface area contributed by atoms with Gasteiger partial charge in [-0.05, 0) is 30.0 Å². The maximum Gasteiger partial charge on any atom is 0.146 e. The molecule has 0 fully saturated rings. The first kappa shape index (κ1) is 13.0. The first-order valence-corrected chi connectivity index (χ1v) is 6.26. The molecule has 0 aliphatic rings. The second-order valence-corrected chi connectivity index (χ2v) is 5.11. The van der Waals surface area contributed by atoms with Gasteiger partial charge in [0.2, 0.25) is 0 Å². The van der Waals surface area contributed by atoms with Crippen molar-refractivity contribution in [3.63, 3.8) is 0 Å². The summed E-state index contributed by atoms with van der Waals surface area (Å²) in [6, 6.07) is 3.84. The summed E-state index contributed by atoms with van der Waals surface area (Å²) in [5.41, 5.74) is 8.80. The van der Waals surface area contributed by atoms with Crippen LogP contribution >= 0.6 is 11.6 Å². The first-order valence-electron chi connectivity index (χ1n) is 5.89. The van der Waals surface area contributed by atoms with Crippen molar-refractivity contribution in [2.45, 2.75) is 26.7 Å². The molecule has 0 unspecified atom stereocenters. The highest BCUT2D eigenvalue weighted by molar-refractivity contribution is 6.32. The van der Waals surface area contributed by atoms with E-state index < -0.39 is 0 Å². The topological polar surface area (TPSA) is 48.1 Å². The number of aryl methyl sites for hydroxylation is 1. The molecule has 0 bridgehead atoms. The van der Waals surface area contributed by atoms with Crippen LogP contribution in [-0.4, -0.2) is 12.1 Å². The maximum absolute atomic E-state index is 6.20. The molecule has 0 aliphatic carbocycles. The Morgan fingerprint density at radius 1 is 1.33 bits per heavy atom. The van der Waals surface area contributed by atoms with Gasteiger partial charge in [-0.2, -0.15) is 0 Å². The Morgan fingerprint density at radius 2 is 2.00 bits per heavy atom. The molecule has 1 aromatic heterocycles. The van der Waals surface area contributed by atoms with Crippen molar-refractivity contribution < 1.29 is 4.74 Å². The Morgan fingerprint density at radius 3 is 2.56 bits per heavy atom. The molecule has 2 rings (SSSR count). The van der Waals surface area contributed by atoms with Gasteiger partial charge in [0.05, 0.1) is 7.11 Å². The minimum Gasteiger partial charge on any atom is -0.494 e. The number of aromatic nitrogens is 1. The lowest BCUT2D eigenvalue weighted by molar-refractivity contribution is 0.419. The van der Waals surface area contributed by atoms with Gasteiger partial charge in [-0.1, -0.05) is 25.4 Å². The van der Waals surface area contributed by atoms with Crippen LogP contribution in [0.25, 0.3) is 10.9 Å². The zero-order chi connectivity index (χ0) is 13.4. The smallest absolute Gasteiger partial charge is 0.146 e. The molecule has 3 nitrogen and oxygen atoms in total. The highest BCUT2D eigenvalue weighted by Gasteiger charge is 2.14. The molecular weight excluding hydrogens is 248 g/mol. The Bertz CT molecular complexity index is 609. The Kier molecular flexibility index (Phi) is 3.35. The standard InChI is InChI=1S/C14H17ClN2O/c1-7(2)9-5-10-8(3)11(15)6-12(18-4)13(10)17-14(9)16/h5-7H,1-4H3,(H2,16,17). The summed E-state index contributed by atoms with van der Waals surface area (Å²) >= 11 is 6.20. The Hall–Kier alpha value is -1.48. The van der Waals surface area contributed by atoms with Crippen LogP contribution in [0, 0.1) is 6.92 Å². The fraction of sp³-hybridized carbons (Fsp3) is 0.357. The zero-order valence-corrected chi connectivity index (χ0v) is 11.8. The SMILES string of the molecule is COc1cc(Cl)c(C)c2cc(C(C)C)c(N)nc12. The average Bonchev–Trinajstić information content (AvgIpc) is 2.32. The summed E-state index contributed by atoms with van der Waals surface area (Å²) in [4.78, 5) is 4.46. The fourth-order valence-corrected chi connectivity index (χ4v) is 2.26. The van der Waals surface area contributed by atoms with Gasteiger partial charge in [0.1, 0.15) is 17.1 Å². The van der Waals surface area contributed by atoms with Crippen molar-refractivity contribution in [1.29, 1.82) is 0 Å². The third-order valence-corrected chi connectivity index (χ3v) is 3.57. The summed E-state index contributed by atoms with van der Waals surface area (Å²) in [5.74, 6) is 1.53. The predicted octanol–water partition coefficient (Wildman–Crippen LogP) is 3.91. The molecule has 0 aliphatic heterocycles. The minimum absolute atomic E-state index is 0.325. The summed E-state index contributed by atoms with van der Waals surface area (Å²) < 4.78 is 5.32. The number of anilines is 1. The predicted molar refractivity (Wildman–Crippen MR) is 76.5 cm³/mol. The molecule has 2 N–H and O–H groups in total. The number of hydrogen-bond acceptors (Lipinski definition) is 3. The minimum atomic E-state index is 0.325. The van der Waals surface area contributed by atoms with Crippen molar-refractivity contribution >= 4 is 28.3 Å². The van der Waals surface area contributed by atoms with E-state index in [4.69, 9.17) is 22.1 Å². The lowest BCUT2D eigenvalue weighted by Gasteiger charge is -2.14. The van der Waals surface area contributed by atoms with E-state index in [2.05, 4.69) is 24.9 Å². The molecule has 2 aromatic rings. The summed E-state index contributed by atoms with van der Waals surface area (Å²) in [5, 5.41) is 1.68. The van der Waals surface area contributed by atoms with Crippen molar-refractivity contribution in [1.82, 2.24) is 4.98 Å². The van der Waals surface area contributed by atoms with E-state index in [1.54, 1.807) is 13.2 Å². The highest BCUT2D eigenvalue weighted by Crippen LogP contribution is 2.35. The van der Waals surface area contributed by atoms with E-state index in [1.807, 2.05) is 6.92 Å². The van der Waals surface area contributed by atoms with E-state index in [1.165, 1.54) is 0 Å². The molecular formula is C14H17ClN2O. The van der Waals surface area contributed by atoms with Gasteiger partial charge in [0.15, 0.2) is 0 Å². The number of halogens is 1. The van der Waals surface area contributed by atoms with Gasteiger partial charge in [-0.3, -0.25) is 0 Å². The number of benzene rings is 1. The van der Waals surface area contributed by atoms with Gasteiger partial charge >= 0.3 is 0 Å². The summed E-state index contributed by atoms with van der Waals surface area (Å²) in [7, 11) is 1.61. The second kappa shape index (κ2) is 4.65. The van der Waals surface area contributed by atoms with Crippen LogP contribution in [0.5, 0.6) is 5.75 Å². The zero-order valence-electron chi connectivity index (χ0n) is 11.0. The molecule has 0 saturated heterocycles. The van der Waals surface area contributed by atoms with E-state index >= 15 is 0 Å². The molecule has 0 atom stereocenters. The Balaban J connectivity index is 2.87. The average molecular weight is 265 g/mol. The number of fused-ring (bicyclic) bond motifs is 1. The van der Waals surface area contributed by atoms with E-state index in [-0.39, 0.29) is 0 Å². The molecule has 4 heteroatoms. The van der Waals surface area contributed by atoms with E-state index in [9.17, 15) is 0 Å². The van der Waals surface area contributed by atoms with Crippen LogP contribution < -0.4 is 10.5 Å². The number of rotatable bonds is 2. The van der Waals surface area contributed by atoms with Crippen LogP contribution in [0.3, 0.4) is 0 Å². The van der Waals surface area contributed by atoms with Crippen LogP contribution in [0.1, 0.15) is 30.9 Å². The number of methoxy groups -OCH3 is 1. The van der Waals surface area contributed by atoms with Crippen molar-refractivity contribution in [3.05, 3.63) is 28.3 Å². The monoisotopic (exact) mass is 264 g/mol. The Labute approximate surface area is 112 Å². The molecule has 0 spiro atoms. The number of nitrogen functional groups attached to an aromatic ring is 1. The molecule has 0 radical (unpaired) electrons. The number of ether oxygens (including phenoxy) is 1. The van der Waals surface area contributed by atoms with Crippen molar-refractivity contribution in [2.24, 2.45) is 0 Å². The lowest BCUT2D eigenvalue weighted by atomic mass is 9.99. The number of nitrogens with zero attached hydrogens (tertiary/aromatic N) is 1. The van der Waals surface area contributed by atoms with Gasteiger partial charge < -0.3 is 10.5 Å². The van der Waals surface area contributed by atoms with Crippen LogP contribution in [0.2, 0.25) is 5.02 Å². The molecule has 0 amide bonds. The van der Waals surface area contributed by atoms with Gasteiger partial charge in [0.25, 0.3) is 0 Å². The fourth-order valence-electron chi connectivity index (χ4n) is 2.06. The lowest BCUT2D eigenvalue weighted by Crippen LogP contribution is -2.02. The largest absolute Gasteiger partial charge is 0.494 e. The van der Waals surface area contributed by atoms with Crippen LogP contribution in [0.4, 0.5) is 5.82 Å². The second-order valence-electron chi connectivity index (χ2n) is 4.70. The molecule has 1 aromatic carbocycles. The van der Waals surface area contributed by atoms with Gasteiger partial charge in [-0.25, -0.2) is 4.98 Å². The number of nitrogens with two attached hydrogens (primary N) is 1. The van der Waals surface area contributed by atoms with E-state index in [0.29, 0.717) is 22.5 Å². The summed E-state index contributed by atoms with van der Waals surface area (Å²) in [6.45, 7) is 6.17. The highest BCUT2D eigenvalue weighted by atomic mass is 35.5. The third-order valence-electron chi connectivity index (χ3n) is 3.18. The van der Waals surface area contributed by atoms with Crippen LogP contribution in [-0.2, 0) is 0 Å². The van der Waals surface area contributed by atoms with Crippen molar-refractivity contribution in [2.75, 3.05) is 12.8 Å². The number of hydrogen-bond donors (Lipinski definition) is 1. The first-order chi connectivity index (χ1) is 8.45. The third kappa shape index (κ3) is 1.99. The maximum atomic E-state index is 6.20. The number of pyridine rings is 1. The van der Waals surface area contributed by atoms with E-state index in [0.717, 1.165) is 22.0 Å². The quantitative estimate of drug-likeness (QED) is 0.895.